The molecule has 3 aliphatic rings. The number of carbonyl (C=O) groups is 1. The summed E-state index contributed by atoms with van der Waals surface area (Å²) in [5, 5.41) is 3.18. The average Bonchev–Trinajstić information content (AvgIpc) is 2.98. The van der Waals surface area contributed by atoms with Crippen LogP contribution in [-0.4, -0.2) is 39.9 Å². The fraction of sp³-hybridized carbons (Fsp3) is 0.381. The van der Waals surface area contributed by atoms with Crippen LogP contribution in [0.25, 0.3) is 10.2 Å². The zero-order valence-corrected chi connectivity index (χ0v) is 16.2. The van der Waals surface area contributed by atoms with Gasteiger partial charge in [0.05, 0.1) is 11.3 Å². The van der Waals surface area contributed by atoms with Crippen LogP contribution in [0.3, 0.4) is 0 Å². The largest absolute Gasteiger partial charge is 0.353 e. The van der Waals surface area contributed by atoms with E-state index in [0.29, 0.717) is 12.5 Å². The summed E-state index contributed by atoms with van der Waals surface area (Å²) in [5.74, 6) is 2.13. The van der Waals surface area contributed by atoms with E-state index in [1.807, 2.05) is 25.1 Å². The van der Waals surface area contributed by atoms with E-state index < -0.39 is 0 Å². The lowest BCUT2D eigenvalue weighted by Gasteiger charge is -2.36. The van der Waals surface area contributed by atoms with E-state index in [1.54, 1.807) is 11.3 Å². The topological polar surface area (TPSA) is 49.3 Å². The molecule has 0 aliphatic carbocycles. The second-order valence-corrected chi connectivity index (χ2v) is 8.41. The highest BCUT2D eigenvalue weighted by Crippen LogP contribution is 2.35. The molecule has 5 nitrogen and oxygen atoms in total. The molecule has 0 unspecified atom stereocenters. The lowest BCUT2D eigenvalue weighted by Crippen LogP contribution is -2.47. The third-order valence-corrected chi connectivity index (χ3v) is 6.51. The van der Waals surface area contributed by atoms with Gasteiger partial charge in [-0.3, -0.25) is 4.79 Å². The molecule has 2 aromatic heterocycles. The summed E-state index contributed by atoms with van der Waals surface area (Å²) in [7, 11) is 0. The Balaban J connectivity index is 1.48. The lowest BCUT2D eigenvalue weighted by molar-refractivity contribution is -0.140. The Morgan fingerprint density at radius 1 is 1.11 bits per heavy atom. The first-order chi connectivity index (χ1) is 13.2. The Bertz CT molecular complexity index is 986. The van der Waals surface area contributed by atoms with Gasteiger partial charge in [-0.2, -0.15) is 0 Å². The van der Waals surface area contributed by atoms with Gasteiger partial charge in [0.25, 0.3) is 0 Å². The summed E-state index contributed by atoms with van der Waals surface area (Å²) >= 11 is 1.65. The second-order valence-electron chi connectivity index (χ2n) is 7.52. The van der Waals surface area contributed by atoms with Gasteiger partial charge in [-0.1, -0.05) is 30.3 Å². The molecule has 3 fully saturated rings. The van der Waals surface area contributed by atoms with E-state index in [1.165, 1.54) is 5.56 Å². The van der Waals surface area contributed by atoms with Crippen LogP contribution in [0.2, 0.25) is 0 Å². The van der Waals surface area contributed by atoms with E-state index in [-0.39, 0.29) is 12.0 Å². The van der Waals surface area contributed by atoms with Gasteiger partial charge in [-0.15, -0.1) is 11.3 Å². The number of aromatic nitrogens is 2. The molecule has 5 heterocycles. The number of hydrogen-bond donors (Lipinski definition) is 0. The summed E-state index contributed by atoms with van der Waals surface area (Å²) in [5.41, 5.74) is 1.20. The van der Waals surface area contributed by atoms with Crippen LogP contribution in [0.5, 0.6) is 0 Å². The smallest absolute Gasteiger partial charge is 0.228 e. The number of nitrogens with zero attached hydrogens (tertiary/aromatic N) is 4. The van der Waals surface area contributed by atoms with E-state index >= 15 is 0 Å². The highest BCUT2D eigenvalue weighted by Gasteiger charge is 2.41. The maximum absolute atomic E-state index is 13.1. The Morgan fingerprint density at radius 2 is 1.96 bits per heavy atom. The first kappa shape index (κ1) is 16.7. The van der Waals surface area contributed by atoms with Gasteiger partial charge in [0.2, 0.25) is 5.91 Å². The Morgan fingerprint density at radius 3 is 2.81 bits per heavy atom. The SMILES string of the molecule is Cc1nc(N2C[C@@H]3CC[C@H](C2)N(Cc2ccccc2)C3=O)c2ccsc2n1. The minimum absolute atomic E-state index is 0.0522. The molecule has 3 saturated heterocycles. The molecule has 3 aliphatic heterocycles. The van der Waals surface area contributed by atoms with Crippen LogP contribution >= 0.6 is 11.3 Å². The van der Waals surface area contributed by atoms with Crippen molar-refractivity contribution in [2.24, 2.45) is 5.92 Å². The molecule has 3 aromatic rings. The summed E-state index contributed by atoms with van der Waals surface area (Å²) in [6.45, 7) is 4.24. The van der Waals surface area contributed by atoms with Crippen molar-refractivity contribution in [2.45, 2.75) is 32.4 Å². The monoisotopic (exact) mass is 378 g/mol. The number of aryl methyl sites for hydroxylation is 1. The number of benzene rings is 1. The van der Waals surface area contributed by atoms with Gasteiger partial charge in [-0.25, -0.2) is 9.97 Å². The Kier molecular flexibility index (Phi) is 4.08. The molecule has 6 rings (SSSR count). The van der Waals surface area contributed by atoms with Gasteiger partial charge in [0, 0.05) is 25.7 Å². The maximum Gasteiger partial charge on any atom is 0.228 e. The van der Waals surface area contributed by atoms with Crippen LogP contribution in [0.1, 0.15) is 24.2 Å². The molecule has 2 atom stereocenters. The predicted molar refractivity (Wildman–Crippen MR) is 108 cm³/mol. The van der Waals surface area contributed by atoms with Crippen LogP contribution in [0.4, 0.5) is 5.82 Å². The molecule has 2 bridgehead atoms. The molecule has 0 spiro atoms. The first-order valence-corrected chi connectivity index (χ1v) is 10.4. The highest BCUT2D eigenvalue weighted by atomic mass is 32.1. The fourth-order valence-corrected chi connectivity index (χ4v) is 5.19. The highest BCUT2D eigenvalue weighted by molar-refractivity contribution is 7.16. The van der Waals surface area contributed by atoms with Crippen molar-refractivity contribution in [3.05, 3.63) is 53.2 Å². The van der Waals surface area contributed by atoms with Gasteiger partial charge in [0.15, 0.2) is 0 Å². The number of piperidine rings is 1. The number of hydrogen-bond acceptors (Lipinski definition) is 5. The quantitative estimate of drug-likeness (QED) is 0.698. The molecule has 6 heteroatoms. The van der Waals surface area contributed by atoms with Crippen LogP contribution in [-0.2, 0) is 11.3 Å². The molecular weight excluding hydrogens is 356 g/mol. The van der Waals surface area contributed by atoms with Crippen molar-refractivity contribution in [3.63, 3.8) is 0 Å². The van der Waals surface area contributed by atoms with E-state index in [2.05, 4.69) is 38.4 Å². The lowest BCUT2D eigenvalue weighted by atomic mass is 9.93. The van der Waals surface area contributed by atoms with Crippen LogP contribution in [0.15, 0.2) is 41.8 Å². The zero-order valence-electron chi connectivity index (χ0n) is 15.3. The average molecular weight is 379 g/mol. The van der Waals surface area contributed by atoms with Crippen LogP contribution in [0, 0.1) is 12.8 Å². The molecule has 0 radical (unpaired) electrons. The maximum atomic E-state index is 13.1. The molecule has 1 aromatic carbocycles. The summed E-state index contributed by atoms with van der Waals surface area (Å²) in [4.78, 5) is 27.9. The van der Waals surface area contributed by atoms with Gasteiger partial charge in [-0.05, 0) is 36.8 Å². The molecule has 27 heavy (non-hydrogen) atoms. The van der Waals surface area contributed by atoms with Gasteiger partial charge < -0.3 is 9.80 Å². The fourth-order valence-electron chi connectivity index (χ4n) is 4.39. The van der Waals surface area contributed by atoms with E-state index in [9.17, 15) is 4.79 Å². The number of thiophene rings is 1. The second kappa shape index (κ2) is 6.60. The molecule has 0 N–H and O–H groups in total. The molecule has 138 valence electrons. The molecule has 0 saturated carbocycles. The summed E-state index contributed by atoms with van der Waals surface area (Å²) < 4.78 is 0. The minimum atomic E-state index is 0.0522. The third-order valence-electron chi connectivity index (χ3n) is 5.71. The molecular formula is C21H22N4OS. The van der Waals surface area contributed by atoms with E-state index in [4.69, 9.17) is 4.98 Å². The third kappa shape index (κ3) is 2.98. The normalized spacial score (nSPS) is 22.5. The van der Waals surface area contributed by atoms with Crippen molar-refractivity contribution in [3.8, 4) is 0 Å². The van der Waals surface area contributed by atoms with Gasteiger partial charge >= 0.3 is 0 Å². The van der Waals surface area contributed by atoms with Crippen molar-refractivity contribution in [1.29, 1.82) is 0 Å². The first-order valence-electron chi connectivity index (χ1n) is 9.50. The Hall–Kier alpha value is -2.47. The summed E-state index contributed by atoms with van der Waals surface area (Å²) in [6.07, 6.45) is 2.04. The van der Waals surface area contributed by atoms with Crippen molar-refractivity contribution in [2.75, 3.05) is 18.0 Å². The zero-order chi connectivity index (χ0) is 18.4. The van der Waals surface area contributed by atoms with Crippen molar-refractivity contribution in [1.82, 2.24) is 14.9 Å². The number of rotatable bonds is 3. The Labute approximate surface area is 162 Å². The summed E-state index contributed by atoms with van der Waals surface area (Å²) in [6, 6.07) is 12.6. The van der Waals surface area contributed by atoms with Crippen molar-refractivity contribution < 1.29 is 4.79 Å². The van der Waals surface area contributed by atoms with E-state index in [0.717, 1.165) is 47.8 Å². The number of amides is 1. The molecule has 1 amide bonds. The minimum Gasteiger partial charge on any atom is -0.353 e. The number of anilines is 1. The van der Waals surface area contributed by atoms with Crippen LogP contribution < -0.4 is 4.90 Å². The van der Waals surface area contributed by atoms with Gasteiger partial charge in [0.1, 0.15) is 16.5 Å². The number of carbonyl (C=O) groups excluding carboxylic acids is 1. The standard InChI is InChI=1S/C21H22N4OS/c1-14-22-19(18-9-10-27-20(18)23-14)24-12-16-7-8-17(13-24)25(21(16)26)11-15-5-3-2-4-6-15/h2-6,9-10,16-17H,7-8,11-13H2,1H3/t16-,17+/m0/s1. The van der Waals surface area contributed by atoms with Crippen molar-refractivity contribution >= 4 is 33.3 Å². The number of fused-ring (bicyclic) bond motifs is 5. The predicted octanol–water partition coefficient (Wildman–Crippen LogP) is 3.63.